The van der Waals surface area contributed by atoms with Crippen molar-refractivity contribution in [3.8, 4) is 0 Å². The molecule has 2 N–H and O–H groups in total. The maximum absolute atomic E-state index is 6.20. The third-order valence-electron chi connectivity index (χ3n) is 4.28. The molecule has 0 amide bonds. The van der Waals surface area contributed by atoms with Gasteiger partial charge < -0.3 is 5.73 Å². The summed E-state index contributed by atoms with van der Waals surface area (Å²) in [6.07, 6.45) is 2.38. The summed E-state index contributed by atoms with van der Waals surface area (Å²) in [5.41, 5.74) is 6.36. The third kappa shape index (κ3) is 4.89. The molecule has 0 aromatic rings. The zero-order valence-corrected chi connectivity index (χ0v) is 14.0. The first-order chi connectivity index (χ1) is 8.16. The highest BCUT2D eigenvalue weighted by atomic mass is 15.2. The summed E-state index contributed by atoms with van der Waals surface area (Å²) in [5, 5.41) is 0. The van der Waals surface area contributed by atoms with E-state index in [9.17, 15) is 0 Å². The molecular formula is C16H36N2. The third-order valence-corrected chi connectivity index (χ3v) is 4.28. The van der Waals surface area contributed by atoms with Crippen LogP contribution in [-0.2, 0) is 0 Å². The van der Waals surface area contributed by atoms with E-state index in [1.54, 1.807) is 0 Å². The minimum absolute atomic E-state index is 0.159. The van der Waals surface area contributed by atoms with Gasteiger partial charge in [0.15, 0.2) is 0 Å². The van der Waals surface area contributed by atoms with E-state index in [0.717, 1.165) is 6.54 Å². The predicted molar refractivity (Wildman–Crippen MR) is 82.8 cm³/mol. The van der Waals surface area contributed by atoms with Crippen LogP contribution < -0.4 is 5.73 Å². The molecule has 0 saturated heterocycles. The monoisotopic (exact) mass is 256 g/mol. The van der Waals surface area contributed by atoms with Crippen molar-refractivity contribution in [1.82, 2.24) is 4.90 Å². The highest BCUT2D eigenvalue weighted by molar-refractivity contribution is 4.94. The molecule has 0 fully saturated rings. The topological polar surface area (TPSA) is 29.3 Å². The summed E-state index contributed by atoms with van der Waals surface area (Å²) in [6.45, 7) is 16.9. The Morgan fingerprint density at radius 2 is 1.28 bits per heavy atom. The molecule has 2 heteroatoms. The standard InChI is InChI=1S/C16H36N2/c1-12(2)9-16(11-17,10-13(3)4)18(8)15(7)14(5)6/h12-15H,9-11,17H2,1-8H3. The van der Waals surface area contributed by atoms with Gasteiger partial charge in [-0.25, -0.2) is 0 Å². The van der Waals surface area contributed by atoms with Crippen molar-refractivity contribution in [2.45, 2.75) is 72.9 Å². The van der Waals surface area contributed by atoms with Gasteiger partial charge in [0.05, 0.1) is 0 Å². The van der Waals surface area contributed by atoms with Crippen LogP contribution in [-0.4, -0.2) is 30.1 Å². The van der Waals surface area contributed by atoms with Crippen molar-refractivity contribution in [3.05, 3.63) is 0 Å². The largest absolute Gasteiger partial charge is 0.329 e. The van der Waals surface area contributed by atoms with Crippen molar-refractivity contribution in [3.63, 3.8) is 0 Å². The molecule has 0 aromatic heterocycles. The molecule has 1 unspecified atom stereocenters. The number of hydrogen-bond acceptors (Lipinski definition) is 2. The second-order valence-corrected chi connectivity index (χ2v) is 7.22. The molecule has 18 heavy (non-hydrogen) atoms. The van der Waals surface area contributed by atoms with E-state index in [1.165, 1.54) is 12.8 Å². The number of nitrogens with zero attached hydrogens (tertiary/aromatic N) is 1. The van der Waals surface area contributed by atoms with Crippen molar-refractivity contribution < 1.29 is 0 Å². The second-order valence-electron chi connectivity index (χ2n) is 7.22. The Morgan fingerprint density at radius 1 is 0.889 bits per heavy atom. The Balaban J connectivity index is 5.14. The zero-order valence-electron chi connectivity index (χ0n) is 14.0. The van der Waals surface area contributed by atoms with Crippen LogP contribution in [0.25, 0.3) is 0 Å². The Hall–Kier alpha value is -0.0800. The van der Waals surface area contributed by atoms with Crippen molar-refractivity contribution >= 4 is 0 Å². The molecular weight excluding hydrogens is 220 g/mol. The maximum Gasteiger partial charge on any atom is 0.0336 e. The van der Waals surface area contributed by atoms with E-state index in [0.29, 0.717) is 23.8 Å². The molecule has 0 saturated carbocycles. The van der Waals surface area contributed by atoms with E-state index >= 15 is 0 Å². The van der Waals surface area contributed by atoms with Crippen LogP contribution in [0.15, 0.2) is 0 Å². The lowest BCUT2D eigenvalue weighted by molar-refractivity contribution is 0.0295. The van der Waals surface area contributed by atoms with Crippen LogP contribution in [0, 0.1) is 17.8 Å². The lowest BCUT2D eigenvalue weighted by Crippen LogP contribution is -2.57. The van der Waals surface area contributed by atoms with Crippen LogP contribution in [0.2, 0.25) is 0 Å². The average molecular weight is 256 g/mol. The predicted octanol–water partition coefficient (Wildman–Crippen LogP) is 3.75. The Morgan fingerprint density at radius 3 is 1.50 bits per heavy atom. The minimum atomic E-state index is 0.159. The van der Waals surface area contributed by atoms with Crippen molar-refractivity contribution in [2.75, 3.05) is 13.6 Å². The van der Waals surface area contributed by atoms with Gasteiger partial charge in [0.1, 0.15) is 0 Å². The maximum atomic E-state index is 6.20. The van der Waals surface area contributed by atoms with Crippen LogP contribution in [0.4, 0.5) is 0 Å². The first kappa shape index (κ1) is 17.9. The van der Waals surface area contributed by atoms with Gasteiger partial charge in [-0.3, -0.25) is 4.90 Å². The highest BCUT2D eigenvalue weighted by Gasteiger charge is 2.37. The molecule has 110 valence electrons. The van der Waals surface area contributed by atoms with Crippen molar-refractivity contribution in [2.24, 2.45) is 23.5 Å². The average Bonchev–Trinajstić information content (AvgIpc) is 2.24. The Bertz CT molecular complexity index is 211. The fourth-order valence-electron chi connectivity index (χ4n) is 3.08. The highest BCUT2D eigenvalue weighted by Crippen LogP contribution is 2.32. The van der Waals surface area contributed by atoms with Crippen LogP contribution in [0.5, 0.6) is 0 Å². The van der Waals surface area contributed by atoms with Gasteiger partial charge in [-0.1, -0.05) is 41.5 Å². The van der Waals surface area contributed by atoms with E-state index in [2.05, 4.69) is 60.4 Å². The smallest absolute Gasteiger partial charge is 0.0336 e. The fourth-order valence-corrected chi connectivity index (χ4v) is 3.08. The molecule has 2 nitrogen and oxygen atoms in total. The molecule has 0 radical (unpaired) electrons. The quantitative estimate of drug-likeness (QED) is 0.716. The summed E-state index contributed by atoms with van der Waals surface area (Å²) < 4.78 is 0. The van der Waals surface area contributed by atoms with Crippen LogP contribution in [0.1, 0.15) is 61.3 Å². The number of nitrogens with two attached hydrogens (primary N) is 1. The second kappa shape index (κ2) is 7.49. The molecule has 0 aliphatic heterocycles. The molecule has 0 aliphatic rings. The molecule has 0 rings (SSSR count). The molecule has 0 aromatic carbocycles. The lowest BCUT2D eigenvalue weighted by atomic mass is 9.79. The van der Waals surface area contributed by atoms with Crippen LogP contribution >= 0.6 is 0 Å². The molecule has 0 bridgehead atoms. The van der Waals surface area contributed by atoms with Gasteiger partial charge in [0, 0.05) is 18.1 Å². The Kier molecular flexibility index (Phi) is 7.46. The Labute approximate surface area is 115 Å². The normalized spacial score (nSPS) is 15.2. The molecule has 1 atom stereocenters. The van der Waals surface area contributed by atoms with Gasteiger partial charge in [0.2, 0.25) is 0 Å². The van der Waals surface area contributed by atoms with Gasteiger partial charge in [-0.05, 0) is 44.6 Å². The van der Waals surface area contributed by atoms with Crippen molar-refractivity contribution in [1.29, 1.82) is 0 Å². The lowest BCUT2D eigenvalue weighted by Gasteiger charge is -2.48. The first-order valence-electron chi connectivity index (χ1n) is 7.59. The van der Waals surface area contributed by atoms with Gasteiger partial charge >= 0.3 is 0 Å². The molecule has 0 spiro atoms. The molecule has 0 aliphatic carbocycles. The minimum Gasteiger partial charge on any atom is -0.329 e. The summed E-state index contributed by atoms with van der Waals surface area (Å²) >= 11 is 0. The van der Waals surface area contributed by atoms with Gasteiger partial charge in [0.25, 0.3) is 0 Å². The van der Waals surface area contributed by atoms with Gasteiger partial charge in [-0.15, -0.1) is 0 Å². The summed E-state index contributed by atoms with van der Waals surface area (Å²) in [7, 11) is 2.27. The summed E-state index contributed by atoms with van der Waals surface area (Å²) in [4.78, 5) is 2.55. The van der Waals surface area contributed by atoms with E-state index < -0.39 is 0 Å². The first-order valence-corrected chi connectivity index (χ1v) is 7.59. The summed E-state index contributed by atoms with van der Waals surface area (Å²) in [6, 6.07) is 0.575. The SMILES string of the molecule is CC(C)CC(CN)(CC(C)C)N(C)C(C)C(C)C. The summed E-state index contributed by atoms with van der Waals surface area (Å²) in [5.74, 6) is 2.04. The van der Waals surface area contributed by atoms with Crippen LogP contribution in [0.3, 0.4) is 0 Å². The van der Waals surface area contributed by atoms with E-state index in [4.69, 9.17) is 5.73 Å². The number of likely N-dealkylation sites (N-methyl/N-ethyl adjacent to an activating group) is 1. The fraction of sp³-hybridized carbons (Fsp3) is 1.00. The number of hydrogen-bond donors (Lipinski definition) is 1. The van der Waals surface area contributed by atoms with Gasteiger partial charge in [-0.2, -0.15) is 0 Å². The van der Waals surface area contributed by atoms with E-state index in [1.807, 2.05) is 0 Å². The zero-order chi connectivity index (χ0) is 14.5. The van der Waals surface area contributed by atoms with E-state index in [-0.39, 0.29) is 5.54 Å². The number of rotatable bonds is 8. The molecule has 0 heterocycles.